The lowest BCUT2D eigenvalue weighted by molar-refractivity contribution is -0.138. The molecule has 0 spiro atoms. The minimum atomic E-state index is -4.86. The van der Waals surface area contributed by atoms with E-state index in [1.165, 1.54) is 28.8 Å². The highest BCUT2D eigenvalue weighted by molar-refractivity contribution is 6.11. The number of aromatic nitrogens is 2. The number of fused-ring (bicyclic) bond motifs is 6. The maximum absolute atomic E-state index is 14.7. The largest absolute Gasteiger partial charge is 0.416 e. The van der Waals surface area contributed by atoms with Gasteiger partial charge in [-0.25, -0.2) is 4.85 Å². The molecule has 0 atom stereocenters. The standard InChI is InChI=1S/C41H22F6N4/c1-23-14-16-28-26-8-3-5-12-33(26)50(35(28)18-23)36-19-24(39-31(41(45,46)47)10-7-11-32(39)49-2)20-37(30(36)22-48)51-34-13-6-4-9-27(34)29-17-15-25(21-38(29)51)40(42,43)44/h3-21H,1H3. The lowest BCUT2D eigenvalue weighted by Gasteiger charge is -2.21. The van der Waals surface area contributed by atoms with E-state index < -0.39 is 29.0 Å². The molecule has 0 aliphatic rings. The van der Waals surface area contributed by atoms with Crippen LogP contribution in [-0.2, 0) is 12.4 Å². The maximum atomic E-state index is 14.7. The van der Waals surface area contributed by atoms with E-state index in [-0.39, 0.29) is 33.7 Å². The predicted octanol–water partition coefficient (Wildman–Crippen LogP) is 12.3. The molecule has 0 unspecified atom stereocenters. The van der Waals surface area contributed by atoms with Crippen molar-refractivity contribution in [3.05, 3.63) is 149 Å². The van der Waals surface area contributed by atoms with E-state index in [0.717, 1.165) is 40.6 Å². The number of rotatable bonds is 3. The SMILES string of the molecule is [C-]#[N+]c1cccc(C(F)(F)F)c1-c1cc(-n2c3ccccc3c3ccc(C)cc32)c(C#N)c(-n2c3ccccc3c3ccc(C(F)(F)F)cc32)c1. The van der Waals surface area contributed by atoms with Crippen molar-refractivity contribution in [3.8, 4) is 28.6 Å². The molecule has 4 nitrogen and oxygen atoms in total. The van der Waals surface area contributed by atoms with Gasteiger partial charge in [-0.2, -0.15) is 31.6 Å². The Morgan fingerprint density at radius 2 is 1.16 bits per heavy atom. The van der Waals surface area contributed by atoms with Crippen LogP contribution < -0.4 is 0 Å². The van der Waals surface area contributed by atoms with Crippen LogP contribution in [0.5, 0.6) is 0 Å². The van der Waals surface area contributed by atoms with E-state index >= 15 is 0 Å². The first kappa shape index (κ1) is 31.7. The summed E-state index contributed by atoms with van der Waals surface area (Å²) in [5.74, 6) is 0. The first-order valence-electron chi connectivity index (χ1n) is 15.7. The highest BCUT2D eigenvalue weighted by Gasteiger charge is 2.36. The van der Waals surface area contributed by atoms with Gasteiger partial charge in [-0.15, -0.1) is 0 Å². The van der Waals surface area contributed by atoms with Crippen molar-refractivity contribution in [3.63, 3.8) is 0 Å². The van der Waals surface area contributed by atoms with Crippen molar-refractivity contribution in [2.75, 3.05) is 0 Å². The molecule has 2 aromatic heterocycles. The van der Waals surface area contributed by atoms with Crippen LogP contribution in [0.2, 0.25) is 0 Å². The molecular weight excluding hydrogens is 662 g/mol. The molecule has 0 bridgehead atoms. The van der Waals surface area contributed by atoms with E-state index in [9.17, 15) is 31.6 Å². The molecule has 0 radical (unpaired) electrons. The molecule has 10 heteroatoms. The molecule has 6 aromatic carbocycles. The quantitative estimate of drug-likeness (QED) is 0.135. The van der Waals surface area contributed by atoms with E-state index in [0.29, 0.717) is 27.3 Å². The van der Waals surface area contributed by atoms with Gasteiger partial charge in [0, 0.05) is 21.5 Å². The van der Waals surface area contributed by atoms with Gasteiger partial charge in [-0.05, 0) is 66.1 Å². The summed E-state index contributed by atoms with van der Waals surface area (Å²) < 4.78 is 89.9. The molecule has 0 aliphatic heterocycles. The number of para-hydroxylation sites is 2. The van der Waals surface area contributed by atoms with Crippen molar-refractivity contribution in [1.29, 1.82) is 5.26 Å². The summed E-state index contributed by atoms with van der Waals surface area (Å²) in [6.45, 7) is 9.72. The van der Waals surface area contributed by atoms with Crippen molar-refractivity contribution in [2.45, 2.75) is 19.3 Å². The third-order valence-corrected chi connectivity index (χ3v) is 9.28. The van der Waals surface area contributed by atoms with E-state index in [1.807, 2.05) is 49.4 Å². The van der Waals surface area contributed by atoms with Gasteiger partial charge in [0.05, 0.1) is 51.1 Å². The van der Waals surface area contributed by atoms with Crippen LogP contribution in [0.3, 0.4) is 0 Å². The molecule has 0 amide bonds. The second-order valence-electron chi connectivity index (χ2n) is 12.3. The Hall–Kier alpha value is -6.52. The molecule has 8 rings (SSSR count). The van der Waals surface area contributed by atoms with Crippen LogP contribution in [0.4, 0.5) is 32.0 Å². The van der Waals surface area contributed by atoms with Gasteiger partial charge < -0.3 is 9.13 Å². The smallest absolute Gasteiger partial charge is 0.308 e. The minimum absolute atomic E-state index is 0.0110. The summed E-state index contributed by atoms with van der Waals surface area (Å²) in [7, 11) is 0. The summed E-state index contributed by atoms with van der Waals surface area (Å²) in [4.78, 5) is 3.44. The first-order valence-corrected chi connectivity index (χ1v) is 15.7. The summed E-state index contributed by atoms with van der Waals surface area (Å²) in [5, 5.41) is 13.7. The molecular formula is C41H22F6N4. The van der Waals surface area contributed by atoms with Crippen LogP contribution in [0.15, 0.2) is 115 Å². The second-order valence-corrected chi connectivity index (χ2v) is 12.3. The Bertz CT molecular complexity index is 2820. The first-order chi connectivity index (χ1) is 24.4. The fraction of sp³-hybridized carbons (Fsp3) is 0.0732. The molecule has 0 N–H and O–H groups in total. The van der Waals surface area contributed by atoms with Crippen LogP contribution in [0.25, 0.3) is 71.0 Å². The molecule has 0 aliphatic carbocycles. The van der Waals surface area contributed by atoms with Crippen LogP contribution >= 0.6 is 0 Å². The zero-order chi connectivity index (χ0) is 35.8. The number of nitrogens with zero attached hydrogens (tertiary/aromatic N) is 4. The Balaban J connectivity index is 1.61. The molecule has 0 saturated carbocycles. The summed E-state index contributed by atoms with van der Waals surface area (Å²) in [6.07, 6.45) is -9.56. The zero-order valence-electron chi connectivity index (χ0n) is 26.5. The minimum Gasteiger partial charge on any atom is -0.308 e. The maximum Gasteiger partial charge on any atom is 0.416 e. The number of alkyl halides is 6. The average molecular weight is 685 g/mol. The van der Waals surface area contributed by atoms with Crippen molar-refractivity contribution in [2.24, 2.45) is 0 Å². The van der Waals surface area contributed by atoms with E-state index in [2.05, 4.69) is 10.9 Å². The lowest BCUT2D eigenvalue weighted by Crippen LogP contribution is -2.09. The lowest BCUT2D eigenvalue weighted by atomic mass is 9.94. The Morgan fingerprint density at radius 1 is 0.608 bits per heavy atom. The van der Waals surface area contributed by atoms with Crippen molar-refractivity contribution < 1.29 is 26.3 Å². The van der Waals surface area contributed by atoms with Crippen molar-refractivity contribution in [1.82, 2.24) is 9.13 Å². The third kappa shape index (κ3) is 4.91. The van der Waals surface area contributed by atoms with Gasteiger partial charge in [0.25, 0.3) is 0 Å². The normalized spacial score (nSPS) is 12.2. The molecule has 248 valence electrons. The van der Waals surface area contributed by atoms with Gasteiger partial charge in [-0.1, -0.05) is 72.8 Å². The number of halogens is 6. The molecule has 51 heavy (non-hydrogen) atoms. The van der Waals surface area contributed by atoms with Gasteiger partial charge in [0.2, 0.25) is 0 Å². The van der Waals surface area contributed by atoms with Crippen LogP contribution in [0.1, 0.15) is 22.3 Å². The fourth-order valence-electron chi connectivity index (χ4n) is 7.14. The highest BCUT2D eigenvalue weighted by atomic mass is 19.4. The van der Waals surface area contributed by atoms with Crippen LogP contribution in [0, 0.1) is 24.8 Å². The fourth-order valence-corrected chi connectivity index (χ4v) is 7.14. The van der Waals surface area contributed by atoms with Gasteiger partial charge in [-0.3, -0.25) is 0 Å². The summed E-state index contributed by atoms with van der Waals surface area (Å²) in [5.41, 5.74) is 0.355. The summed E-state index contributed by atoms with van der Waals surface area (Å²) >= 11 is 0. The van der Waals surface area contributed by atoms with Gasteiger partial charge in [0.15, 0.2) is 5.69 Å². The topological polar surface area (TPSA) is 38.0 Å². The number of aryl methyl sites for hydroxylation is 1. The van der Waals surface area contributed by atoms with E-state index in [1.54, 1.807) is 28.8 Å². The van der Waals surface area contributed by atoms with E-state index in [4.69, 9.17) is 6.57 Å². The van der Waals surface area contributed by atoms with Crippen molar-refractivity contribution >= 4 is 49.3 Å². The predicted molar refractivity (Wildman–Crippen MR) is 186 cm³/mol. The molecule has 2 heterocycles. The Morgan fingerprint density at radius 3 is 1.71 bits per heavy atom. The number of benzene rings is 6. The monoisotopic (exact) mass is 684 g/mol. The molecule has 8 aromatic rings. The Labute approximate surface area is 286 Å². The second kappa shape index (κ2) is 11.3. The molecule has 0 fully saturated rings. The third-order valence-electron chi connectivity index (χ3n) is 9.28. The van der Waals surface area contributed by atoms with Gasteiger partial charge >= 0.3 is 12.4 Å². The Kier molecular flexibility index (Phi) is 7.00. The number of nitriles is 1. The zero-order valence-corrected chi connectivity index (χ0v) is 26.5. The number of hydrogen-bond donors (Lipinski definition) is 0. The number of hydrogen-bond acceptors (Lipinski definition) is 1. The van der Waals surface area contributed by atoms with Crippen LogP contribution in [-0.4, -0.2) is 9.13 Å². The average Bonchev–Trinajstić information content (AvgIpc) is 3.61. The summed E-state index contributed by atoms with van der Waals surface area (Å²) in [6, 6.07) is 31.8. The highest BCUT2D eigenvalue weighted by Crippen LogP contribution is 2.46. The van der Waals surface area contributed by atoms with Gasteiger partial charge in [0.1, 0.15) is 11.6 Å². The molecule has 0 saturated heterocycles.